The van der Waals surface area contributed by atoms with Gasteiger partial charge >= 0.3 is 0 Å². The lowest BCUT2D eigenvalue weighted by atomic mass is 9.95. The van der Waals surface area contributed by atoms with Crippen LogP contribution in [-0.2, 0) is 9.59 Å². The summed E-state index contributed by atoms with van der Waals surface area (Å²) in [5.41, 5.74) is 0.835. The minimum Gasteiger partial charge on any atom is -0.343 e. The molecule has 0 radical (unpaired) electrons. The van der Waals surface area contributed by atoms with Crippen molar-refractivity contribution in [2.75, 3.05) is 18.4 Å². The van der Waals surface area contributed by atoms with Crippen LogP contribution in [-0.4, -0.2) is 29.8 Å². The summed E-state index contributed by atoms with van der Waals surface area (Å²) in [4.78, 5) is 25.8. The summed E-state index contributed by atoms with van der Waals surface area (Å²) in [6, 6.07) is 9.51. The zero-order valence-electron chi connectivity index (χ0n) is 12.0. The number of anilines is 1. The van der Waals surface area contributed by atoms with Gasteiger partial charge in [-0.1, -0.05) is 25.1 Å². The van der Waals surface area contributed by atoms with E-state index in [1.54, 1.807) is 0 Å². The Morgan fingerprint density at radius 3 is 2.45 bits per heavy atom. The summed E-state index contributed by atoms with van der Waals surface area (Å²) >= 11 is 0. The van der Waals surface area contributed by atoms with E-state index < -0.39 is 0 Å². The van der Waals surface area contributed by atoms with Crippen LogP contribution < -0.4 is 5.32 Å². The molecule has 0 saturated carbocycles. The number of rotatable bonds is 4. The van der Waals surface area contributed by atoms with Gasteiger partial charge < -0.3 is 10.2 Å². The third-order valence-electron chi connectivity index (χ3n) is 3.72. The fraction of sp³-hybridized carbons (Fsp3) is 0.500. The van der Waals surface area contributed by atoms with Crippen LogP contribution in [0.1, 0.15) is 32.6 Å². The summed E-state index contributed by atoms with van der Waals surface area (Å²) in [5.74, 6) is 0.300. The zero-order chi connectivity index (χ0) is 14.4. The van der Waals surface area contributed by atoms with Gasteiger partial charge in [-0.2, -0.15) is 0 Å². The molecule has 4 nitrogen and oxygen atoms in total. The second-order valence-corrected chi connectivity index (χ2v) is 5.26. The number of likely N-dealkylation sites (tertiary alicyclic amines) is 1. The molecule has 0 unspecified atom stereocenters. The molecule has 1 N–H and O–H groups in total. The summed E-state index contributed by atoms with van der Waals surface area (Å²) in [6.45, 7) is 3.41. The Labute approximate surface area is 120 Å². The lowest BCUT2D eigenvalue weighted by Crippen LogP contribution is -2.41. The van der Waals surface area contributed by atoms with Gasteiger partial charge in [-0.15, -0.1) is 0 Å². The molecule has 2 rings (SSSR count). The highest BCUT2D eigenvalue weighted by Crippen LogP contribution is 2.20. The largest absolute Gasteiger partial charge is 0.343 e. The predicted octanol–water partition coefficient (Wildman–Crippen LogP) is 2.66. The van der Waals surface area contributed by atoms with Gasteiger partial charge in [0.1, 0.15) is 0 Å². The van der Waals surface area contributed by atoms with Crippen molar-refractivity contribution in [3.8, 4) is 0 Å². The molecular weight excluding hydrogens is 252 g/mol. The normalized spacial score (nSPS) is 15.9. The van der Waals surface area contributed by atoms with Crippen LogP contribution in [0.3, 0.4) is 0 Å². The van der Waals surface area contributed by atoms with E-state index >= 15 is 0 Å². The van der Waals surface area contributed by atoms with Gasteiger partial charge in [0.25, 0.3) is 0 Å². The molecule has 0 aliphatic carbocycles. The van der Waals surface area contributed by atoms with Crippen molar-refractivity contribution in [3.63, 3.8) is 0 Å². The molecule has 1 fully saturated rings. The van der Waals surface area contributed by atoms with Gasteiger partial charge in [0.05, 0.1) is 0 Å². The summed E-state index contributed by atoms with van der Waals surface area (Å²) in [7, 11) is 0. The molecule has 2 amide bonds. The fourth-order valence-corrected chi connectivity index (χ4v) is 2.53. The Morgan fingerprint density at radius 1 is 1.20 bits per heavy atom. The number of hydrogen-bond acceptors (Lipinski definition) is 2. The first-order chi connectivity index (χ1) is 9.70. The molecule has 1 heterocycles. The maximum atomic E-state index is 12.2. The molecule has 20 heavy (non-hydrogen) atoms. The van der Waals surface area contributed by atoms with E-state index in [0.29, 0.717) is 19.5 Å². The van der Waals surface area contributed by atoms with Crippen molar-refractivity contribution < 1.29 is 9.59 Å². The van der Waals surface area contributed by atoms with E-state index in [1.165, 1.54) is 0 Å². The average molecular weight is 274 g/mol. The van der Waals surface area contributed by atoms with E-state index in [1.807, 2.05) is 42.2 Å². The highest BCUT2D eigenvalue weighted by Gasteiger charge is 2.26. The lowest BCUT2D eigenvalue weighted by molar-refractivity contribution is -0.134. The van der Waals surface area contributed by atoms with E-state index in [-0.39, 0.29) is 17.7 Å². The molecule has 1 aliphatic rings. The van der Waals surface area contributed by atoms with Gasteiger partial charge in [0, 0.05) is 31.1 Å². The zero-order valence-corrected chi connectivity index (χ0v) is 12.0. The average Bonchev–Trinajstić information content (AvgIpc) is 2.48. The highest BCUT2D eigenvalue weighted by atomic mass is 16.2. The van der Waals surface area contributed by atoms with E-state index in [2.05, 4.69) is 5.32 Å². The minimum atomic E-state index is 0.0147. The highest BCUT2D eigenvalue weighted by molar-refractivity contribution is 5.92. The quantitative estimate of drug-likeness (QED) is 0.917. The third-order valence-corrected chi connectivity index (χ3v) is 3.72. The molecule has 108 valence electrons. The summed E-state index contributed by atoms with van der Waals surface area (Å²) in [6.07, 6.45) is 3.01. The maximum absolute atomic E-state index is 12.2. The summed E-state index contributed by atoms with van der Waals surface area (Å²) in [5, 5.41) is 2.94. The minimum absolute atomic E-state index is 0.0147. The van der Waals surface area contributed by atoms with Crippen molar-refractivity contribution >= 4 is 17.5 Å². The number of hydrogen-bond donors (Lipinski definition) is 1. The number of carbonyl (C=O) groups excluding carboxylic acids is 2. The second-order valence-electron chi connectivity index (χ2n) is 5.26. The Kier molecular flexibility index (Phi) is 5.16. The Bertz CT molecular complexity index is 451. The van der Waals surface area contributed by atoms with Crippen LogP contribution in [0, 0.1) is 5.92 Å². The van der Waals surface area contributed by atoms with Crippen molar-refractivity contribution in [1.29, 1.82) is 0 Å². The van der Waals surface area contributed by atoms with Crippen molar-refractivity contribution in [3.05, 3.63) is 30.3 Å². The monoisotopic (exact) mass is 274 g/mol. The van der Waals surface area contributed by atoms with Gasteiger partial charge in [-0.05, 0) is 31.4 Å². The molecule has 1 aromatic carbocycles. The smallest absolute Gasteiger partial charge is 0.227 e. The maximum Gasteiger partial charge on any atom is 0.227 e. The van der Waals surface area contributed by atoms with Gasteiger partial charge in [-0.25, -0.2) is 0 Å². The number of amides is 2. The van der Waals surface area contributed by atoms with Crippen LogP contribution in [0.15, 0.2) is 30.3 Å². The van der Waals surface area contributed by atoms with E-state index in [9.17, 15) is 9.59 Å². The fourth-order valence-electron chi connectivity index (χ4n) is 2.53. The Balaban J connectivity index is 1.81. The first kappa shape index (κ1) is 14.6. The lowest BCUT2D eigenvalue weighted by Gasteiger charge is -2.31. The predicted molar refractivity (Wildman–Crippen MR) is 79.3 cm³/mol. The van der Waals surface area contributed by atoms with Crippen molar-refractivity contribution in [1.82, 2.24) is 4.90 Å². The number of nitrogens with one attached hydrogen (secondary N) is 1. The molecule has 0 atom stereocenters. The first-order valence-electron chi connectivity index (χ1n) is 7.34. The van der Waals surface area contributed by atoms with Crippen LogP contribution in [0.25, 0.3) is 0 Å². The molecule has 0 spiro atoms. The van der Waals surface area contributed by atoms with Crippen molar-refractivity contribution in [2.24, 2.45) is 5.92 Å². The van der Waals surface area contributed by atoms with Crippen LogP contribution >= 0.6 is 0 Å². The topological polar surface area (TPSA) is 49.4 Å². The van der Waals surface area contributed by atoms with Gasteiger partial charge in [0.2, 0.25) is 11.8 Å². The molecule has 0 aromatic heterocycles. The molecule has 4 heteroatoms. The van der Waals surface area contributed by atoms with Crippen molar-refractivity contribution in [2.45, 2.75) is 32.6 Å². The van der Waals surface area contributed by atoms with E-state index in [4.69, 9.17) is 0 Å². The van der Waals surface area contributed by atoms with E-state index in [0.717, 1.165) is 24.9 Å². The number of carbonyl (C=O) groups is 2. The Morgan fingerprint density at radius 2 is 1.85 bits per heavy atom. The standard InChI is InChI=1S/C16H22N2O2/c1-2-6-15(19)18-11-9-13(10-12-18)16(20)17-14-7-4-3-5-8-14/h3-5,7-8,13H,2,6,9-12H2,1H3,(H,17,20). The number of benzene rings is 1. The van der Waals surface area contributed by atoms with Crippen LogP contribution in [0.5, 0.6) is 0 Å². The molecule has 0 bridgehead atoms. The third kappa shape index (κ3) is 3.83. The SMILES string of the molecule is CCCC(=O)N1CCC(C(=O)Nc2ccccc2)CC1. The number of para-hydroxylation sites is 1. The van der Waals surface area contributed by atoms with Crippen LogP contribution in [0.2, 0.25) is 0 Å². The number of nitrogens with zero attached hydrogens (tertiary/aromatic N) is 1. The van der Waals surface area contributed by atoms with Gasteiger partial charge in [-0.3, -0.25) is 9.59 Å². The molecule has 1 saturated heterocycles. The number of piperidine rings is 1. The summed E-state index contributed by atoms with van der Waals surface area (Å²) < 4.78 is 0. The second kappa shape index (κ2) is 7.08. The van der Waals surface area contributed by atoms with Gasteiger partial charge in [0.15, 0.2) is 0 Å². The van der Waals surface area contributed by atoms with Crippen LogP contribution in [0.4, 0.5) is 5.69 Å². The molecule has 1 aliphatic heterocycles. The first-order valence-corrected chi connectivity index (χ1v) is 7.34. The Hall–Kier alpha value is -1.84. The molecular formula is C16H22N2O2. The molecule has 1 aromatic rings.